The van der Waals surface area contributed by atoms with Gasteiger partial charge in [0.15, 0.2) is 0 Å². The molecule has 84 valence electrons. The summed E-state index contributed by atoms with van der Waals surface area (Å²) in [7, 11) is -3.84. The normalized spacial score (nSPS) is 17.1. The zero-order chi connectivity index (χ0) is 11.2. The van der Waals surface area contributed by atoms with Crippen LogP contribution in [0.15, 0.2) is 0 Å². The molecule has 0 fully saturated rings. The molecule has 0 heterocycles. The van der Waals surface area contributed by atoms with Crippen molar-refractivity contribution in [2.24, 2.45) is 0 Å². The summed E-state index contributed by atoms with van der Waals surface area (Å²) in [5.74, 6) is -0.251. The minimum Gasteiger partial charge on any atom is -0.324 e. The molecule has 1 N–H and O–H groups in total. The van der Waals surface area contributed by atoms with Crippen LogP contribution in [-0.2, 0) is 13.9 Å². The summed E-state index contributed by atoms with van der Waals surface area (Å²) in [6, 6.07) is 0. The lowest BCUT2D eigenvalue weighted by Crippen LogP contribution is -2.23. The van der Waals surface area contributed by atoms with E-state index in [4.69, 9.17) is 16.5 Å². The Morgan fingerprint density at radius 2 is 2.29 bits per heavy atom. The lowest BCUT2D eigenvalue weighted by atomic mass is 10.5. The molecule has 0 aromatic carbocycles. The maximum Gasteiger partial charge on any atom is 0.330 e. The van der Waals surface area contributed by atoms with Crippen molar-refractivity contribution >= 4 is 19.2 Å². The van der Waals surface area contributed by atoms with Gasteiger partial charge in [-0.15, -0.1) is 21.7 Å². The van der Waals surface area contributed by atoms with Crippen molar-refractivity contribution in [3.05, 3.63) is 10.1 Å². The molecule has 2 unspecified atom stereocenters. The number of nitrogens with zero attached hydrogens (tertiary/aromatic N) is 1. The molecule has 0 radical (unpaired) electrons. The molecule has 0 saturated carbocycles. The Kier molecular flexibility index (Phi) is 6.03. The predicted molar refractivity (Wildman–Crippen MR) is 48.9 cm³/mol. The van der Waals surface area contributed by atoms with Gasteiger partial charge in [-0.1, -0.05) is 0 Å². The molecule has 0 bridgehead atoms. The van der Waals surface area contributed by atoms with Crippen molar-refractivity contribution in [2.45, 2.75) is 13.0 Å². The highest BCUT2D eigenvalue weighted by Gasteiger charge is 2.26. The van der Waals surface area contributed by atoms with Crippen LogP contribution >= 0.6 is 19.2 Å². The van der Waals surface area contributed by atoms with Gasteiger partial charge in [-0.25, -0.2) is 0 Å². The molecule has 2 atom stereocenters. The molecule has 0 saturated heterocycles. The second-order valence-corrected chi connectivity index (χ2v) is 4.55. The highest BCUT2D eigenvalue weighted by Crippen LogP contribution is 2.42. The highest BCUT2D eigenvalue weighted by atomic mass is 35.5. The van der Waals surface area contributed by atoms with Crippen molar-refractivity contribution < 1.29 is 23.9 Å². The lowest BCUT2D eigenvalue weighted by molar-refractivity contribution is -0.766. The van der Waals surface area contributed by atoms with Crippen LogP contribution in [0.25, 0.3) is 0 Å². The first kappa shape index (κ1) is 13.6. The van der Waals surface area contributed by atoms with Gasteiger partial charge in [0.2, 0.25) is 0 Å². The number of hydrogen-bond acceptors (Lipinski definition) is 5. The van der Waals surface area contributed by atoms with E-state index in [1.165, 1.54) is 6.92 Å². The highest BCUT2D eigenvalue weighted by molar-refractivity contribution is 7.52. The zero-order valence-corrected chi connectivity index (χ0v) is 9.11. The molecule has 0 aliphatic carbocycles. The molecule has 0 aromatic heterocycles. The Labute approximate surface area is 85.6 Å². The van der Waals surface area contributed by atoms with Gasteiger partial charge in [-0.3, -0.25) is 4.57 Å². The van der Waals surface area contributed by atoms with Crippen molar-refractivity contribution in [3.8, 4) is 0 Å². The van der Waals surface area contributed by atoms with Crippen LogP contribution in [0.2, 0.25) is 0 Å². The van der Waals surface area contributed by atoms with Gasteiger partial charge >= 0.3 is 7.60 Å². The van der Waals surface area contributed by atoms with Gasteiger partial charge in [-0.05, 0) is 6.92 Å². The van der Waals surface area contributed by atoms with Gasteiger partial charge in [-0.2, -0.15) is 0 Å². The van der Waals surface area contributed by atoms with E-state index >= 15 is 0 Å². The Morgan fingerprint density at radius 3 is 2.64 bits per heavy atom. The van der Waals surface area contributed by atoms with E-state index < -0.39 is 24.9 Å². The summed E-state index contributed by atoms with van der Waals surface area (Å²) in [4.78, 5) is 23.1. The lowest BCUT2D eigenvalue weighted by Gasteiger charge is -2.15. The second kappa shape index (κ2) is 6.19. The molecule has 9 heteroatoms. The van der Waals surface area contributed by atoms with E-state index in [-0.39, 0.29) is 12.5 Å². The van der Waals surface area contributed by atoms with Gasteiger partial charge in [0.05, 0.1) is 12.8 Å². The summed E-state index contributed by atoms with van der Waals surface area (Å²) in [6.45, 7) is 1.58. The number of hydrogen-bond donors (Lipinski definition) is 1. The Hall–Kier alpha value is -0.360. The Bertz CT molecular complexity index is 236. The fourth-order valence-electron chi connectivity index (χ4n) is 0.744. The zero-order valence-electron chi connectivity index (χ0n) is 7.46. The first-order valence-electron chi connectivity index (χ1n) is 3.74. The number of rotatable bonds is 7. The third kappa shape index (κ3) is 6.15. The third-order valence-electron chi connectivity index (χ3n) is 1.17. The molecular weight excluding hydrogens is 236 g/mol. The van der Waals surface area contributed by atoms with Crippen molar-refractivity contribution in [1.29, 1.82) is 0 Å². The van der Waals surface area contributed by atoms with Crippen LogP contribution in [0.5, 0.6) is 0 Å². The van der Waals surface area contributed by atoms with Gasteiger partial charge in [0.25, 0.3) is 5.09 Å². The standard InChI is InChI=1S/C5H11ClNO6P/c1-2-12-14(10,11)4-5(3-6)13-7(8)9/h5H,2-4H2,1H3,(H,10,11). The van der Waals surface area contributed by atoms with E-state index in [1.807, 2.05) is 0 Å². The van der Waals surface area contributed by atoms with Crippen molar-refractivity contribution in [3.63, 3.8) is 0 Å². The van der Waals surface area contributed by atoms with E-state index in [2.05, 4.69) is 9.36 Å². The fraction of sp³-hybridized carbons (Fsp3) is 1.00. The monoisotopic (exact) mass is 247 g/mol. The predicted octanol–water partition coefficient (Wildman–Crippen LogP) is 1.02. The van der Waals surface area contributed by atoms with E-state index in [1.54, 1.807) is 0 Å². The second-order valence-electron chi connectivity index (χ2n) is 2.34. The quantitative estimate of drug-likeness (QED) is 0.312. The maximum absolute atomic E-state index is 11.1. The van der Waals surface area contributed by atoms with Crippen LogP contribution < -0.4 is 0 Å². The minimum atomic E-state index is -3.84. The number of alkyl halides is 1. The molecule has 0 aromatic rings. The van der Waals surface area contributed by atoms with Crippen LogP contribution in [0.3, 0.4) is 0 Å². The summed E-state index contributed by atoms with van der Waals surface area (Å²) in [5, 5.41) is 8.87. The molecule has 0 amide bonds. The first-order valence-corrected chi connectivity index (χ1v) is 6.04. The molecule has 0 spiro atoms. The van der Waals surface area contributed by atoms with Gasteiger partial charge < -0.3 is 14.3 Å². The van der Waals surface area contributed by atoms with Gasteiger partial charge in [0, 0.05) is 5.88 Å². The van der Waals surface area contributed by atoms with E-state index in [0.717, 1.165) is 0 Å². The fourth-order valence-corrected chi connectivity index (χ4v) is 2.28. The Morgan fingerprint density at radius 1 is 1.71 bits per heavy atom. The molecule has 0 aliphatic rings. The van der Waals surface area contributed by atoms with Crippen LogP contribution in [0.4, 0.5) is 0 Å². The summed E-state index contributed by atoms with van der Waals surface area (Å²) >= 11 is 5.30. The largest absolute Gasteiger partial charge is 0.330 e. The Balaban J connectivity index is 4.16. The average molecular weight is 248 g/mol. The summed E-state index contributed by atoms with van der Waals surface area (Å²) in [6.07, 6.45) is -1.63. The van der Waals surface area contributed by atoms with Gasteiger partial charge in [0.1, 0.15) is 6.10 Å². The molecule has 14 heavy (non-hydrogen) atoms. The molecule has 0 aliphatic heterocycles. The van der Waals surface area contributed by atoms with Crippen molar-refractivity contribution in [1.82, 2.24) is 0 Å². The molecular formula is C5H11ClNO6P. The maximum atomic E-state index is 11.1. The third-order valence-corrected chi connectivity index (χ3v) is 3.05. The topological polar surface area (TPSA) is 98.9 Å². The SMILES string of the molecule is CCOP(=O)(O)CC(CCl)O[N+](=O)[O-]. The summed E-state index contributed by atoms with van der Waals surface area (Å²) < 4.78 is 15.6. The number of halogens is 1. The molecule has 0 rings (SSSR count). The minimum absolute atomic E-state index is 0.0429. The van der Waals surface area contributed by atoms with Crippen molar-refractivity contribution in [2.75, 3.05) is 18.6 Å². The average Bonchev–Trinajstić information content (AvgIpc) is 2.01. The smallest absolute Gasteiger partial charge is 0.324 e. The van der Waals surface area contributed by atoms with Crippen LogP contribution in [-0.4, -0.2) is 34.7 Å². The summed E-state index contributed by atoms with van der Waals surface area (Å²) in [5.41, 5.74) is 0. The van der Waals surface area contributed by atoms with E-state index in [9.17, 15) is 14.7 Å². The first-order chi connectivity index (χ1) is 6.41. The van der Waals surface area contributed by atoms with Crippen LogP contribution in [0, 0.1) is 10.1 Å². The molecule has 7 nitrogen and oxygen atoms in total. The van der Waals surface area contributed by atoms with Crippen LogP contribution in [0.1, 0.15) is 6.92 Å². The van der Waals surface area contributed by atoms with E-state index in [0.29, 0.717) is 0 Å².